The number of benzene rings is 1. The van der Waals surface area contributed by atoms with E-state index in [1.165, 1.54) is 25.7 Å². The van der Waals surface area contributed by atoms with Crippen LogP contribution in [0.25, 0.3) is 0 Å². The first-order valence-electron chi connectivity index (χ1n) is 5.99. The Kier molecular flexibility index (Phi) is 3.94. The van der Waals surface area contributed by atoms with Gasteiger partial charge >= 0.3 is 0 Å². The standard InChI is InChI=1S/C13H18N2OS/c14-11-7-10(13(15)16)5-6-12(11)17-8-9-3-1-2-4-9/h5-7,9H,1-4,8,14H2,(H2,15,16). The molecule has 0 heterocycles. The van der Waals surface area contributed by atoms with Gasteiger partial charge in [0.15, 0.2) is 0 Å². The van der Waals surface area contributed by atoms with Crippen molar-refractivity contribution in [3.05, 3.63) is 23.8 Å². The average Bonchev–Trinajstić information content (AvgIpc) is 2.80. The van der Waals surface area contributed by atoms with Crippen LogP contribution in [0, 0.1) is 5.92 Å². The van der Waals surface area contributed by atoms with Gasteiger partial charge in [0.05, 0.1) is 0 Å². The van der Waals surface area contributed by atoms with E-state index in [9.17, 15) is 4.79 Å². The minimum atomic E-state index is -0.427. The summed E-state index contributed by atoms with van der Waals surface area (Å²) in [7, 11) is 0. The number of amides is 1. The lowest BCUT2D eigenvalue weighted by Crippen LogP contribution is -2.11. The van der Waals surface area contributed by atoms with Gasteiger partial charge in [0, 0.05) is 21.9 Å². The van der Waals surface area contributed by atoms with E-state index in [0.29, 0.717) is 11.3 Å². The smallest absolute Gasteiger partial charge is 0.248 e. The highest BCUT2D eigenvalue weighted by atomic mass is 32.2. The Balaban J connectivity index is 1.98. The van der Waals surface area contributed by atoms with Gasteiger partial charge in [-0.1, -0.05) is 12.8 Å². The Bertz CT molecular complexity index is 414. The van der Waals surface area contributed by atoms with E-state index < -0.39 is 5.91 Å². The molecule has 2 rings (SSSR count). The molecule has 3 nitrogen and oxygen atoms in total. The summed E-state index contributed by atoms with van der Waals surface area (Å²) >= 11 is 1.79. The molecule has 0 bridgehead atoms. The molecule has 1 aliphatic carbocycles. The zero-order chi connectivity index (χ0) is 12.3. The van der Waals surface area contributed by atoms with Crippen LogP contribution in [0.15, 0.2) is 23.1 Å². The number of hydrogen-bond acceptors (Lipinski definition) is 3. The number of nitrogen functional groups attached to an aromatic ring is 1. The molecule has 0 saturated heterocycles. The third kappa shape index (κ3) is 3.16. The van der Waals surface area contributed by atoms with Gasteiger partial charge in [-0.25, -0.2) is 0 Å². The number of hydrogen-bond donors (Lipinski definition) is 2. The highest BCUT2D eigenvalue weighted by Crippen LogP contribution is 2.33. The molecule has 92 valence electrons. The number of primary amides is 1. The summed E-state index contributed by atoms with van der Waals surface area (Å²) in [5, 5.41) is 0. The van der Waals surface area contributed by atoms with Gasteiger partial charge in [-0.3, -0.25) is 4.79 Å². The molecule has 0 aliphatic heterocycles. The highest BCUT2D eigenvalue weighted by Gasteiger charge is 2.15. The lowest BCUT2D eigenvalue weighted by Gasteiger charge is -2.10. The first-order chi connectivity index (χ1) is 8.16. The third-order valence-corrected chi connectivity index (χ3v) is 4.56. The van der Waals surface area contributed by atoms with Crippen LogP contribution in [0.1, 0.15) is 36.0 Å². The van der Waals surface area contributed by atoms with Crippen molar-refractivity contribution >= 4 is 23.4 Å². The molecule has 0 atom stereocenters. The molecule has 0 spiro atoms. The van der Waals surface area contributed by atoms with Crippen LogP contribution in [-0.2, 0) is 0 Å². The third-order valence-electron chi connectivity index (χ3n) is 3.24. The van der Waals surface area contributed by atoms with Crippen molar-refractivity contribution in [1.29, 1.82) is 0 Å². The Morgan fingerprint density at radius 3 is 2.65 bits per heavy atom. The van der Waals surface area contributed by atoms with Crippen molar-refractivity contribution in [3.8, 4) is 0 Å². The van der Waals surface area contributed by atoms with E-state index in [-0.39, 0.29) is 0 Å². The molecular weight excluding hydrogens is 232 g/mol. The van der Waals surface area contributed by atoms with Gasteiger partial charge in [-0.15, -0.1) is 11.8 Å². The fraction of sp³-hybridized carbons (Fsp3) is 0.462. The molecule has 1 aromatic carbocycles. The number of thioether (sulfide) groups is 1. The van der Waals surface area contributed by atoms with Gasteiger partial charge < -0.3 is 11.5 Å². The Labute approximate surface area is 106 Å². The molecule has 1 amide bonds. The van der Waals surface area contributed by atoms with Gasteiger partial charge in [0.25, 0.3) is 0 Å². The zero-order valence-electron chi connectivity index (χ0n) is 9.82. The van der Waals surface area contributed by atoms with Crippen LogP contribution >= 0.6 is 11.8 Å². The van der Waals surface area contributed by atoms with Crippen LogP contribution in [-0.4, -0.2) is 11.7 Å². The quantitative estimate of drug-likeness (QED) is 0.637. The average molecular weight is 250 g/mol. The second-order valence-electron chi connectivity index (χ2n) is 4.58. The maximum atomic E-state index is 11.0. The van der Waals surface area contributed by atoms with E-state index in [2.05, 4.69) is 0 Å². The lowest BCUT2D eigenvalue weighted by atomic mass is 10.1. The molecule has 4 N–H and O–H groups in total. The van der Waals surface area contributed by atoms with Crippen molar-refractivity contribution < 1.29 is 4.79 Å². The first-order valence-corrected chi connectivity index (χ1v) is 6.97. The fourth-order valence-electron chi connectivity index (χ4n) is 2.22. The minimum Gasteiger partial charge on any atom is -0.398 e. The summed E-state index contributed by atoms with van der Waals surface area (Å²) in [5.41, 5.74) is 12.3. The Morgan fingerprint density at radius 2 is 2.06 bits per heavy atom. The Hall–Kier alpha value is -1.16. The van der Waals surface area contributed by atoms with E-state index in [1.807, 2.05) is 6.07 Å². The lowest BCUT2D eigenvalue weighted by molar-refractivity contribution is 0.100. The SMILES string of the molecule is NC(=O)c1ccc(SCC2CCCC2)c(N)c1. The normalized spacial score (nSPS) is 16.2. The van der Waals surface area contributed by atoms with Crippen LogP contribution in [0.5, 0.6) is 0 Å². The van der Waals surface area contributed by atoms with Crippen molar-refractivity contribution in [3.63, 3.8) is 0 Å². The first kappa shape index (κ1) is 12.3. The maximum Gasteiger partial charge on any atom is 0.248 e. The van der Waals surface area contributed by atoms with Gasteiger partial charge in [-0.05, 0) is 37.0 Å². The predicted molar refractivity (Wildman–Crippen MR) is 72.1 cm³/mol. The Morgan fingerprint density at radius 1 is 1.35 bits per heavy atom. The molecule has 1 aliphatic rings. The van der Waals surface area contributed by atoms with Crippen molar-refractivity contribution in [2.24, 2.45) is 11.7 Å². The second kappa shape index (κ2) is 5.45. The summed E-state index contributed by atoms with van der Waals surface area (Å²) in [6.07, 6.45) is 5.40. The summed E-state index contributed by atoms with van der Waals surface area (Å²) in [6.45, 7) is 0. The summed E-state index contributed by atoms with van der Waals surface area (Å²) in [6, 6.07) is 5.31. The van der Waals surface area contributed by atoms with E-state index >= 15 is 0 Å². The molecule has 17 heavy (non-hydrogen) atoms. The molecule has 1 saturated carbocycles. The van der Waals surface area contributed by atoms with Crippen molar-refractivity contribution in [2.45, 2.75) is 30.6 Å². The van der Waals surface area contributed by atoms with Crippen LogP contribution in [0.3, 0.4) is 0 Å². The highest BCUT2D eigenvalue weighted by molar-refractivity contribution is 7.99. The number of carbonyl (C=O) groups is 1. The van der Waals surface area contributed by atoms with Crippen LogP contribution in [0.2, 0.25) is 0 Å². The van der Waals surface area contributed by atoms with E-state index in [4.69, 9.17) is 11.5 Å². The summed E-state index contributed by atoms with van der Waals surface area (Å²) in [4.78, 5) is 12.0. The monoisotopic (exact) mass is 250 g/mol. The predicted octanol–water partition coefficient (Wildman–Crippen LogP) is 2.65. The summed E-state index contributed by atoms with van der Waals surface area (Å²) in [5.74, 6) is 1.53. The van der Waals surface area contributed by atoms with Crippen molar-refractivity contribution in [2.75, 3.05) is 11.5 Å². The minimum absolute atomic E-state index is 0.427. The maximum absolute atomic E-state index is 11.0. The van der Waals surface area contributed by atoms with Gasteiger partial charge in [-0.2, -0.15) is 0 Å². The zero-order valence-corrected chi connectivity index (χ0v) is 10.6. The topological polar surface area (TPSA) is 69.1 Å². The molecule has 1 aromatic rings. The number of nitrogens with two attached hydrogens (primary N) is 2. The van der Waals surface area contributed by atoms with Crippen LogP contribution in [0.4, 0.5) is 5.69 Å². The number of carbonyl (C=O) groups excluding carboxylic acids is 1. The molecular formula is C13H18N2OS. The second-order valence-corrected chi connectivity index (χ2v) is 5.64. The van der Waals surface area contributed by atoms with Crippen LogP contribution < -0.4 is 11.5 Å². The fourth-order valence-corrected chi connectivity index (χ4v) is 3.36. The van der Waals surface area contributed by atoms with Crippen molar-refractivity contribution in [1.82, 2.24) is 0 Å². The number of anilines is 1. The molecule has 0 radical (unpaired) electrons. The van der Waals surface area contributed by atoms with E-state index in [0.717, 1.165) is 16.6 Å². The van der Waals surface area contributed by atoms with Gasteiger partial charge in [0.2, 0.25) is 5.91 Å². The van der Waals surface area contributed by atoms with E-state index in [1.54, 1.807) is 23.9 Å². The summed E-state index contributed by atoms with van der Waals surface area (Å²) < 4.78 is 0. The molecule has 0 unspecified atom stereocenters. The molecule has 0 aromatic heterocycles. The largest absolute Gasteiger partial charge is 0.398 e. The number of rotatable bonds is 4. The molecule has 1 fully saturated rings. The molecule has 4 heteroatoms. The van der Waals surface area contributed by atoms with Gasteiger partial charge in [0.1, 0.15) is 0 Å².